The van der Waals surface area contributed by atoms with Crippen LogP contribution in [0.4, 0.5) is 5.69 Å². The van der Waals surface area contributed by atoms with Gasteiger partial charge in [0, 0.05) is 41.7 Å². The predicted molar refractivity (Wildman–Crippen MR) is 137 cm³/mol. The van der Waals surface area contributed by atoms with Crippen LogP contribution in [0.1, 0.15) is 53.5 Å². The molecule has 1 amide bonds. The largest absolute Gasteiger partial charge is 0.420 e. The summed E-state index contributed by atoms with van der Waals surface area (Å²) in [5.41, 5.74) is 3.32. The molecule has 1 aliphatic rings. The van der Waals surface area contributed by atoms with Gasteiger partial charge in [-0.2, -0.15) is 4.98 Å². The monoisotopic (exact) mass is 511 g/mol. The maximum absolute atomic E-state index is 12.7. The average Bonchev–Trinajstić information content (AvgIpc) is 3.08. The third-order valence-electron chi connectivity index (χ3n) is 5.20. The van der Waals surface area contributed by atoms with Crippen molar-refractivity contribution in [1.82, 2.24) is 20.3 Å². The third-order valence-corrected chi connectivity index (χ3v) is 6.50. The quantitative estimate of drug-likeness (QED) is 0.359. The summed E-state index contributed by atoms with van der Waals surface area (Å²) in [4.78, 5) is 26.8. The molecule has 0 radical (unpaired) electrons. The molecular formula is C25H26ClN5O3S. The number of hydrogen-bond acceptors (Lipinski definition) is 8. The van der Waals surface area contributed by atoms with Gasteiger partial charge in [-0.15, -0.1) is 17.8 Å². The number of halogens is 1. The van der Waals surface area contributed by atoms with Gasteiger partial charge in [0.2, 0.25) is 17.0 Å². The Morgan fingerprint density at radius 3 is 2.77 bits per heavy atom. The molecular weight excluding hydrogens is 486 g/mol. The van der Waals surface area contributed by atoms with Gasteiger partial charge in [-0.05, 0) is 52.3 Å². The molecule has 8 nitrogen and oxygen atoms in total. The first-order valence-corrected chi connectivity index (χ1v) is 12.2. The minimum Gasteiger partial charge on any atom is -0.420 e. The van der Waals surface area contributed by atoms with Crippen molar-refractivity contribution < 1.29 is 14.3 Å². The zero-order chi connectivity index (χ0) is 25.3. The van der Waals surface area contributed by atoms with Crippen LogP contribution in [0, 0.1) is 19.3 Å². The Bertz CT molecular complexity index is 1330. The Hall–Kier alpha value is -3.19. The normalized spacial score (nSPS) is 15.5. The number of aryl methyl sites for hydroxylation is 1. The molecule has 0 unspecified atom stereocenters. The number of aromatic nitrogens is 3. The van der Waals surface area contributed by atoms with Gasteiger partial charge < -0.3 is 20.1 Å². The first kappa shape index (κ1) is 24.9. The van der Waals surface area contributed by atoms with Crippen molar-refractivity contribution in [2.75, 3.05) is 11.9 Å². The molecule has 1 aliphatic heterocycles. The summed E-state index contributed by atoms with van der Waals surface area (Å²) < 4.78 is 11.8. The lowest BCUT2D eigenvalue weighted by Gasteiger charge is -2.20. The lowest BCUT2D eigenvalue weighted by molar-refractivity contribution is -0.0158. The molecule has 1 atom stereocenters. The highest BCUT2D eigenvalue weighted by atomic mass is 35.5. The number of nitrogens with zero attached hydrogens (tertiary/aromatic N) is 3. The average molecular weight is 512 g/mol. The molecule has 0 saturated carbocycles. The van der Waals surface area contributed by atoms with Crippen LogP contribution >= 0.6 is 22.9 Å². The van der Waals surface area contributed by atoms with E-state index in [-0.39, 0.29) is 35.3 Å². The second kappa shape index (κ2) is 9.82. The molecule has 0 spiro atoms. The number of rotatable bonds is 5. The highest BCUT2D eigenvalue weighted by molar-refractivity contribution is 7.15. The first-order valence-electron chi connectivity index (χ1n) is 11.0. The molecule has 4 heterocycles. The molecule has 35 heavy (non-hydrogen) atoms. The van der Waals surface area contributed by atoms with Gasteiger partial charge in [0.25, 0.3) is 5.91 Å². The Kier molecular flexibility index (Phi) is 6.99. The summed E-state index contributed by atoms with van der Waals surface area (Å²) in [7, 11) is 0. The number of fused-ring (bicyclic) bond motifs is 1. The van der Waals surface area contributed by atoms with Crippen LogP contribution < -0.4 is 15.4 Å². The van der Waals surface area contributed by atoms with Crippen LogP contribution in [-0.2, 0) is 11.3 Å². The van der Waals surface area contributed by atoms with E-state index in [2.05, 4.69) is 31.5 Å². The highest BCUT2D eigenvalue weighted by Crippen LogP contribution is 2.43. The number of anilines is 1. The van der Waals surface area contributed by atoms with Crippen molar-refractivity contribution in [3.05, 3.63) is 44.6 Å². The number of hydrogen-bond donors (Lipinski definition) is 2. The van der Waals surface area contributed by atoms with Crippen molar-refractivity contribution in [3.63, 3.8) is 0 Å². The van der Waals surface area contributed by atoms with Crippen LogP contribution in [0.5, 0.6) is 11.8 Å². The predicted octanol–water partition coefficient (Wildman–Crippen LogP) is 5.19. The second-order valence-electron chi connectivity index (χ2n) is 9.17. The minimum absolute atomic E-state index is 0.00428. The Morgan fingerprint density at radius 2 is 2.09 bits per heavy atom. The number of carbonyl (C=O) groups excluding carboxylic acids is 1. The topological polar surface area (TPSA) is 98.3 Å². The lowest BCUT2D eigenvalue weighted by Crippen LogP contribution is -2.34. The highest BCUT2D eigenvalue weighted by Gasteiger charge is 2.28. The number of pyridine rings is 1. The van der Waals surface area contributed by atoms with Crippen molar-refractivity contribution in [3.8, 4) is 35.2 Å². The Balaban J connectivity index is 1.68. The fraction of sp³-hybridized carbons (Fsp3) is 0.360. The molecule has 3 aromatic heterocycles. The molecule has 0 aliphatic carbocycles. The number of ether oxygens (including phenoxy) is 2. The molecule has 182 valence electrons. The number of carbonyl (C=O) groups is 1. The summed E-state index contributed by atoms with van der Waals surface area (Å²) in [5.74, 6) is 3.19. The molecule has 0 bridgehead atoms. The molecule has 4 rings (SSSR count). The fourth-order valence-corrected chi connectivity index (χ4v) is 4.66. The zero-order valence-corrected chi connectivity index (χ0v) is 21.7. The van der Waals surface area contributed by atoms with E-state index in [1.807, 2.05) is 40.7 Å². The van der Waals surface area contributed by atoms with Crippen LogP contribution in [-0.4, -0.2) is 39.0 Å². The van der Waals surface area contributed by atoms with Crippen molar-refractivity contribution >= 4 is 34.5 Å². The zero-order valence-electron chi connectivity index (χ0n) is 20.2. The Morgan fingerprint density at radius 1 is 1.31 bits per heavy atom. The summed E-state index contributed by atoms with van der Waals surface area (Å²) in [6.07, 6.45) is 7.38. The number of thiophene rings is 1. The molecule has 10 heteroatoms. The van der Waals surface area contributed by atoms with Gasteiger partial charge in [0.15, 0.2) is 0 Å². The van der Waals surface area contributed by atoms with Gasteiger partial charge in [0.05, 0.1) is 28.3 Å². The molecule has 0 fully saturated rings. The van der Waals surface area contributed by atoms with E-state index in [4.69, 9.17) is 27.5 Å². The van der Waals surface area contributed by atoms with Gasteiger partial charge in [0.1, 0.15) is 4.88 Å². The molecule has 0 saturated heterocycles. The van der Waals surface area contributed by atoms with Gasteiger partial charge in [-0.1, -0.05) is 5.92 Å². The summed E-state index contributed by atoms with van der Waals surface area (Å²) in [6.45, 7) is 10.5. The van der Waals surface area contributed by atoms with Crippen molar-refractivity contribution in [2.45, 2.75) is 52.9 Å². The van der Waals surface area contributed by atoms with Gasteiger partial charge in [-0.25, -0.2) is 9.97 Å². The van der Waals surface area contributed by atoms with E-state index >= 15 is 0 Å². The summed E-state index contributed by atoms with van der Waals surface area (Å²) in [6, 6.07) is 3.61. The van der Waals surface area contributed by atoms with E-state index in [1.54, 1.807) is 12.3 Å². The fourth-order valence-electron chi connectivity index (χ4n) is 3.52. The van der Waals surface area contributed by atoms with E-state index in [1.165, 1.54) is 11.3 Å². The Labute approximate surface area is 213 Å². The van der Waals surface area contributed by atoms with Gasteiger partial charge >= 0.3 is 0 Å². The van der Waals surface area contributed by atoms with Crippen LogP contribution in [0.2, 0.25) is 5.28 Å². The summed E-state index contributed by atoms with van der Waals surface area (Å²) >= 11 is 7.30. The van der Waals surface area contributed by atoms with E-state index in [9.17, 15) is 4.79 Å². The minimum atomic E-state index is -0.344. The SMILES string of the molecule is C#Cc1sc2c(c1-c1ccc(Oc3nc(Cl)ncc3COC(C)(C)C)nc1C)NC[C@@H](C)NC2=O. The first-order chi connectivity index (χ1) is 16.6. The molecule has 2 N–H and O–H groups in total. The lowest BCUT2D eigenvalue weighted by atomic mass is 10.0. The van der Waals surface area contributed by atoms with Crippen molar-refractivity contribution in [1.29, 1.82) is 0 Å². The number of nitrogens with one attached hydrogen (secondary N) is 2. The van der Waals surface area contributed by atoms with Crippen LogP contribution in [0.3, 0.4) is 0 Å². The maximum Gasteiger partial charge on any atom is 0.263 e. The van der Waals surface area contributed by atoms with Crippen LogP contribution in [0.15, 0.2) is 18.3 Å². The standard InChI is InChI=1S/C25H26ClN5O3S/c1-7-17-19(20-21(35-17)22(32)29-13(2)10-27-20)16-8-9-18(30-14(16)3)34-23-15(11-28-24(26)31-23)12-33-25(4,5)6/h1,8-9,11,13,27H,10,12H2,2-6H3,(H,29,32)/t13-/m1/s1. The van der Waals surface area contributed by atoms with E-state index in [0.717, 1.165) is 16.8 Å². The maximum atomic E-state index is 12.7. The second-order valence-corrected chi connectivity index (χ2v) is 10.5. The van der Waals surface area contributed by atoms with E-state index < -0.39 is 0 Å². The van der Waals surface area contributed by atoms with Gasteiger partial charge in [-0.3, -0.25) is 4.79 Å². The number of terminal acetylenes is 1. The molecule has 3 aromatic rings. The number of amides is 1. The summed E-state index contributed by atoms with van der Waals surface area (Å²) in [5, 5.41) is 6.40. The van der Waals surface area contributed by atoms with Crippen molar-refractivity contribution in [2.24, 2.45) is 0 Å². The van der Waals surface area contributed by atoms with Crippen LogP contribution in [0.25, 0.3) is 11.1 Å². The third kappa shape index (κ3) is 5.56. The molecule has 0 aromatic carbocycles. The smallest absolute Gasteiger partial charge is 0.263 e. The van der Waals surface area contributed by atoms with E-state index in [0.29, 0.717) is 33.4 Å².